The van der Waals surface area contributed by atoms with Crippen molar-refractivity contribution < 1.29 is 14.3 Å². The molecule has 1 atom stereocenters. The fourth-order valence-corrected chi connectivity index (χ4v) is 5.51. The van der Waals surface area contributed by atoms with Gasteiger partial charge >= 0.3 is 5.69 Å². The molecule has 2 amide bonds. The number of amides is 2. The van der Waals surface area contributed by atoms with E-state index in [9.17, 15) is 19.2 Å². The van der Waals surface area contributed by atoms with E-state index in [1.54, 1.807) is 30.5 Å². The molecule has 14 heteroatoms. The van der Waals surface area contributed by atoms with Crippen LogP contribution in [-0.2, 0) is 25.4 Å². The third-order valence-corrected chi connectivity index (χ3v) is 8.07. The van der Waals surface area contributed by atoms with Crippen LogP contribution >= 0.6 is 23.2 Å². The highest BCUT2D eigenvalue weighted by Crippen LogP contribution is 2.40. The highest BCUT2D eigenvalue weighted by Gasteiger charge is 2.22. The maximum absolute atomic E-state index is 13.0. The number of anilines is 1. The van der Waals surface area contributed by atoms with E-state index in [0.717, 1.165) is 21.1 Å². The number of pyridine rings is 2. The minimum atomic E-state index is -0.734. The average molecular weight is 639 g/mol. The zero-order valence-electron chi connectivity index (χ0n) is 24.1. The molecule has 4 aromatic rings. The first-order chi connectivity index (χ1) is 21.1. The minimum absolute atomic E-state index is 0.0696. The van der Waals surface area contributed by atoms with Gasteiger partial charge in [-0.25, -0.2) is 9.78 Å². The first kappa shape index (κ1) is 30.9. The summed E-state index contributed by atoms with van der Waals surface area (Å²) >= 11 is 13.6. The van der Waals surface area contributed by atoms with Gasteiger partial charge in [0.25, 0.3) is 11.5 Å². The van der Waals surface area contributed by atoms with Crippen molar-refractivity contribution in [2.45, 2.75) is 25.4 Å². The Morgan fingerprint density at radius 3 is 2.61 bits per heavy atom. The summed E-state index contributed by atoms with van der Waals surface area (Å²) < 4.78 is 7.55. The summed E-state index contributed by atoms with van der Waals surface area (Å²) in [6.07, 6.45) is 4.10. The molecule has 4 heterocycles. The number of methoxy groups -OCH3 is 1. The zero-order valence-corrected chi connectivity index (χ0v) is 25.6. The van der Waals surface area contributed by atoms with Crippen molar-refractivity contribution in [2.24, 2.45) is 14.1 Å². The molecule has 44 heavy (non-hydrogen) atoms. The first-order valence-electron chi connectivity index (χ1n) is 13.6. The first-order valence-corrected chi connectivity index (χ1v) is 14.4. The Morgan fingerprint density at radius 2 is 1.89 bits per heavy atom. The Kier molecular flexibility index (Phi) is 9.14. The van der Waals surface area contributed by atoms with Crippen molar-refractivity contribution in [3.8, 4) is 28.4 Å². The molecule has 12 nitrogen and oxygen atoms in total. The number of carbonyl (C=O) groups excluding carboxylic acids is 2. The van der Waals surface area contributed by atoms with Gasteiger partial charge in [-0.2, -0.15) is 0 Å². The van der Waals surface area contributed by atoms with Gasteiger partial charge in [0, 0.05) is 68.7 Å². The molecule has 228 valence electrons. The third kappa shape index (κ3) is 6.23. The molecule has 0 unspecified atom stereocenters. The van der Waals surface area contributed by atoms with Crippen LogP contribution in [0.1, 0.15) is 28.8 Å². The third-order valence-electron chi connectivity index (χ3n) is 7.28. The number of hydrogen-bond acceptors (Lipinski definition) is 8. The molecule has 0 radical (unpaired) electrons. The molecule has 1 fully saturated rings. The van der Waals surface area contributed by atoms with Gasteiger partial charge in [0.05, 0.1) is 34.2 Å². The van der Waals surface area contributed by atoms with Crippen molar-refractivity contribution in [2.75, 3.05) is 19.0 Å². The van der Waals surface area contributed by atoms with Crippen molar-refractivity contribution in [3.63, 3.8) is 0 Å². The van der Waals surface area contributed by atoms with Crippen LogP contribution < -0.4 is 31.9 Å². The van der Waals surface area contributed by atoms with Crippen molar-refractivity contribution in [1.29, 1.82) is 0 Å². The standard InChI is InChI=1S/C30H29Cl2N7O5/c1-38-15-20(29(42)39(2)30(38)43)27(41)36-22-6-4-5-19(24(22)31)26-25(32)18(11-12-34-26)21-9-7-16(28(37-21)44-3)13-33-14-17-8-10-23(40)35-17/h4-7,9,11-12,15,17,33H,8,10,13-14H2,1-3H3,(H,35,40)(H,36,41)/t17-/m1/s1. The highest BCUT2D eigenvalue weighted by atomic mass is 35.5. The van der Waals surface area contributed by atoms with E-state index in [4.69, 9.17) is 27.9 Å². The van der Waals surface area contributed by atoms with Crippen molar-refractivity contribution in [3.05, 3.63) is 90.8 Å². The van der Waals surface area contributed by atoms with Crippen LogP contribution in [0.4, 0.5) is 5.69 Å². The molecule has 3 N–H and O–H groups in total. The van der Waals surface area contributed by atoms with E-state index in [2.05, 4.69) is 25.9 Å². The Labute approximate surface area is 262 Å². The average Bonchev–Trinajstić information content (AvgIpc) is 3.44. The Bertz CT molecular complexity index is 1890. The molecule has 1 aliphatic rings. The molecule has 1 aliphatic heterocycles. The summed E-state index contributed by atoms with van der Waals surface area (Å²) in [7, 11) is 4.28. The fraction of sp³-hybridized carbons (Fsp3) is 0.267. The molecule has 1 aromatic carbocycles. The molecule has 0 spiro atoms. The van der Waals surface area contributed by atoms with E-state index in [0.29, 0.717) is 47.9 Å². The van der Waals surface area contributed by atoms with Gasteiger partial charge in [0.15, 0.2) is 0 Å². The lowest BCUT2D eigenvalue weighted by atomic mass is 10.1. The Hall–Kier alpha value is -4.52. The summed E-state index contributed by atoms with van der Waals surface area (Å²) in [5, 5.41) is 9.35. The Morgan fingerprint density at radius 1 is 1.09 bits per heavy atom. The predicted octanol–water partition coefficient (Wildman–Crippen LogP) is 3.14. The van der Waals surface area contributed by atoms with Crippen LogP contribution in [0.15, 0.2) is 58.4 Å². The van der Waals surface area contributed by atoms with Crippen LogP contribution in [-0.4, -0.2) is 50.6 Å². The van der Waals surface area contributed by atoms with Crippen molar-refractivity contribution in [1.82, 2.24) is 29.7 Å². The topological polar surface area (TPSA) is 149 Å². The number of ether oxygens (including phenoxy) is 1. The monoisotopic (exact) mass is 637 g/mol. The van der Waals surface area contributed by atoms with Gasteiger partial charge in [-0.05, 0) is 24.6 Å². The normalized spacial score (nSPS) is 14.4. The van der Waals surface area contributed by atoms with Crippen LogP contribution in [0.5, 0.6) is 5.88 Å². The molecule has 0 aliphatic carbocycles. The lowest BCUT2D eigenvalue weighted by molar-refractivity contribution is -0.119. The molecule has 1 saturated heterocycles. The van der Waals surface area contributed by atoms with E-state index >= 15 is 0 Å². The number of benzene rings is 1. The van der Waals surface area contributed by atoms with Gasteiger partial charge < -0.3 is 25.3 Å². The van der Waals surface area contributed by atoms with Gasteiger partial charge in [-0.15, -0.1) is 0 Å². The molecule has 0 bridgehead atoms. The largest absolute Gasteiger partial charge is 0.481 e. The maximum Gasteiger partial charge on any atom is 0.330 e. The van der Waals surface area contributed by atoms with Crippen LogP contribution in [0.2, 0.25) is 10.0 Å². The maximum atomic E-state index is 13.0. The summed E-state index contributed by atoms with van der Waals surface area (Å²) in [5.41, 5.74) is 1.48. The quantitative estimate of drug-likeness (QED) is 0.253. The number of hydrogen-bond donors (Lipinski definition) is 3. The SMILES string of the molecule is COc1nc(-c2ccnc(-c3cccc(NC(=O)c4cn(C)c(=O)n(C)c4=O)c3Cl)c2Cl)ccc1CNC[C@H]1CCC(=O)N1. The molecular weight excluding hydrogens is 609 g/mol. The van der Waals surface area contributed by atoms with Gasteiger partial charge in [0.1, 0.15) is 5.56 Å². The van der Waals surface area contributed by atoms with Gasteiger partial charge in [-0.1, -0.05) is 41.4 Å². The van der Waals surface area contributed by atoms with Crippen LogP contribution in [0, 0.1) is 0 Å². The number of halogens is 2. The summed E-state index contributed by atoms with van der Waals surface area (Å²) in [6, 6.07) is 10.5. The lowest BCUT2D eigenvalue weighted by Crippen LogP contribution is -2.40. The number of aryl methyl sites for hydroxylation is 1. The van der Waals surface area contributed by atoms with Crippen molar-refractivity contribution >= 4 is 40.7 Å². The fourth-order valence-electron chi connectivity index (χ4n) is 4.94. The number of carbonyl (C=O) groups is 2. The van der Waals surface area contributed by atoms with E-state index < -0.39 is 17.2 Å². The molecular formula is C30H29Cl2N7O5. The second kappa shape index (κ2) is 13.0. The zero-order chi connectivity index (χ0) is 31.5. The number of nitrogens with zero attached hydrogens (tertiary/aromatic N) is 4. The second-order valence-electron chi connectivity index (χ2n) is 10.2. The van der Waals surface area contributed by atoms with Crippen LogP contribution in [0.25, 0.3) is 22.5 Å². The number of rotatable bonds is 9. The second-order valence-corrected chi connectivity index (χ2v) is 11.0. The molecule has 5 rings (SSSR count). The van der Waals surface area contributed by atoms with E-state index in [-0.39, 0.29) is 33.2 Å². The van der Waals surface area contributed by atoms with Crippen LogP contribution in [0.3, 0.4) is 0 Å². The molecule has 3 aromatic heterocycles. The molecule has 0 saturated carbocycles. The van der Waals surface area contributed by atoms with E-state index in [1.165, 1.54) is 27.4 Å². The van der Waals surface area contributed by atoms with Gasteiger partial charge in [0.2, 0.25) is 11.8 Å². The smallest absolute Gasteiger partial charge is 0.330 e. The Balaban J connectivity index is 1.40. The summed E-state index contributed by atoms with van der Waals surface area (Å²) in [4.78, 5) is 58.1. The van der Waals surface area contributed by atoms with E-state index in [1.807, 2.05) is 12.1 Å². The number of nitrogens with one attached hydrogen (secondary N) is 3. The summed E-state index contributed by atoms with van der Waals surface area (Å²) in [5.74, 6) is -0.237. The summed E-state index contributed by atoms with van der Waals surface area (Å²) in [6.45, 7) is 1.13. The lowest BCUT2D eigenvalue weighted by Gasteiger charge is -2.15. The minimum Gasteiger partial charge on any atom is -0.481 e. The highest BCUT2D eigenvalue weighted by molar-refractivity contribution is 6.39. The number of aromatic nitrogens is 4. The predicted molar refractivity (Wildman–Crippen MR) is 167 cm³/mol. The van der Waals surface area contributed by atoms with Gasteiger partial charge in [-0.3, -0.25) is 23.9 Å².